The third-order valence-corrected chi connectivity index (χ3v) is 3.33. The van der Waals surface area contributed by atoms with Gasteiger partial charge in [0.25, 0.3) is 5.91 Å². The van der Waals surface area contributed by atoms with Crippen LogP contribution in [0, 0.1) is 0 Å². The molecule has 1 amide bonds. The highest BCUT2D eigenvalue weighted by molar-refractivity contribution is 5.95. The van der Waals surface area contributed by atoms with Gasteiger partial charge >= 0.3 is 0 Å². The molecule has 0 fully saturated rings. The van der Waals surface area contributed by atoms with Crippen molar-refractivity contribution in [2.45, 2.75) is 13.5 Å². The lowest BCUT2D eigenvalue weighted by Crippen LogP contribution is -2.32. The van der Waals surface area contributed by atoms with Gasteiger partial charge in [-0.1, -0.05) is 24.3 Å². The summed E-state index contributed by atoms with van der Waals surface area (Å²) in [5, 5.41) is 9.60. The number of hydrogen-bond acceptors (Lipinski definition) is 4. The molecular formula is C16H19N3O2. The molecule has 0 bridgehead atoms. The second-order valence-electron chi connectivity index (χ2n) is 4.66. The quantitative estimate of drug-likeness (QED) is 0.446. The predicted molar refractivity (Wildman–Crippen MR) is 82.9 cm³/mol. The first-order valence-electron chi connectivity index (χ1n) is 6.78. The number of rotatable bonds is 5. The number of hydrazine groups is 1. The summed E-state index contributed by atoms with van der Waals surface area (Å²) >= 11 is 0. The molecule has 0 aliphatic heterocycles. The number of amides is 1. The molecule has 4 N–H and O–H groups in total. The van der Waals surface area contributed by atoms with Crippen LogP contribution in [0.4, 0.5) is 5.69 Å². The van der Waals surface area contributed by atoms with Crippen LogP contribution in [0.15, 0.2) is 48.5 Å². The number of anilines is 1. The normalized spacial score (nSPS) is 10.2. The third kappa shape index (κ3) is 3.52. The Kier molecular flexibility index (Phi) is 4.79. The minimum Gasteiger partial charge on any atom is -0.508 e. The van der Waals surface area contributed by atoms with Gasteiger partial charge in [0.2, 0.25) is 0 Å². The Bertz CT molecular complexity index is 628. The van der Waals surface area contributed by atoms with E-state index in [1.165, 1.54) is 0 Å². The van der Waals surface area contributed by atoms with Crippen molar-refractivity contribution in [3.8, 4) is 5.75 Å². The average Bonchev–Trinajstić information content (AvgIpc) is 2.52. The fourth-order valence-electron chi connectivity index (χ4n) is 2.24. The molecule has 0 unspecified atom stereocenters. The molecule has 21 heavy (non-hydrogen) atoms. The maximum Gasteiger partial charge on any atom is 0.265 e. The Morgan fingerprint density at radius 3 is 2.67 bits per heavy atom. The number of carbonyl (C=O) groups excluding carboxylic acids is 1. The molecule has 0 aliphatic rings. The number of nitrogens with one attached hydrogen (secondary N) is 1. The van der Waals surface area contributed by atoms with Gasteiger partial charge in [0, 0.05) is 30.4 Å². The standard InChI is InChI=1S/C16H19N3O2/c1-2-19(13-7-5-8-14(20)10-13)11-12-6-3-4-9-15(12)16(21)18-17/h3-10,20H,2,11,17H2,1H3,(H,18,21). The van der Waals surface area contributed by atoms with Crippen molar-refractivity contribution < 1.29 is 9.90 Å². The molecule has 110 valence electrons. The second kappa shape index (κ2) is 6.76. The predicted octanol–water partition coefficient (Wildman–Crippen LogP) is 2.02. The van der Waals surface area contributed by atoms with Gasteiger partial charge in [0.15, 0.2) is 0 Å². The minimum absolute atomic E-state index is 0.221. The SMILES string of the molecule is CCN(Cc1ccccc1C(=O)NN)c1cccc(O)c1. The summed E-state index contributed by atoms with van der Waals surface area (Å²) in [7, 11) is 0. The van der Waals surface area contributed by atoms with Crippen LogP contribution < -0.4 is 16.2 Å². The van der Waals surface area contributed by atoms with Gasteiger partial charge < -0.3 is 10.0 Å². The van der Waals surface area contributed by atoms with Crippen molar-refractivity contribution >= 4 is 11.6 Å². The fourth-order valence-corrected chi connectivity index (χ4v) is 2.24. The molecule has 0 aliphatic carbocycles. The molecule has 0 saturated carbocycles. The molecule has 5 nitrogen and oxygen atoms in total. The average molecular weight is 285 g/mol. The molecule has 0 atom stereocenters. The van der Waals surface area contributed by atoms with Gasteiger partial charge in [-0.25, -0.2) is 5.84 Å². The molecule has 2 aromatic rings. The summed E-state index contributed by atoms with van der Waals surface area (Å²) in [6.07, 6.45) is 0. The number of nitrogens with zero attached hydrogens (tertiary/aromatic N) is 1. The monoisotopic (exact) mass is 285 g/mol. The van der Waals surface area contributed by atoms with Crippen LogP contribution >= 0.6 is 0 Å². The summed E-state index contributed by atoms with van der Waals surface area (Å²) in [5.74, 6) is 5.13. The highest BCUT2D eigenvalue weighted by Crippen LogP contribution is 2.22. The van der Waals surface area contributed by atoms with E-state index in [1.54, 1.807) is 30.3 Å². The van der Waals surface area contributed by atoms with Crippen LogP contribution in [-0.4, -0.2) is 17.6 Å². The zero-order chi connectivity index (χ0) is 15.2. The minimum atomic E-state index is -0.308. The summed E-state index contributed by atoms with van der Waals surface area (Å²) in [4.78, 5) is 13.9. The van der Waals surface area contributed by atoms with Crippen LogP contribution in [0.25, 0.3) is 0 Å². The molecule has 2 rings (SSSR count). The van der Waals surface area contributed by atoms with Crippen molar-refractivity contribution in [1.82, 2.24) is 5.43 Å². The summed E-state index contributed by atoms with van der Waals surface area (Å²) in [5.41, 5.74) is 4.50. The highest BCUT2D eigenvalue weighted by atomic mass is 16.3. The number of hydrogen-bond donors (Lipinski definition) is 3. The van der Waals surface area contributed by atoms with Crippen LogP contribution in [0.1, 0.15) is 22.8 Å². The van der Waals surface area contributed by atoms with Gasteiger partial charge in [0.1, 0.15) is 5.75 Å². The first kappa shape index (κ1) is 14.9. The lowest BCUT2D eigenvalue weighted by molar-refractivity contribution is 0.0952. The summed E-state index contributed by atoms with van der Waals surface area (Å²) in [6, 6.07) is 14.4. The third-order valence-electron chi connectivity index (χ3n) is 3.33. The lowest BCUT2D eigenvalue weighted by Gasteiger charge is -2.24. The van der Waals surface area contributed by atoms with Gasteiger partial charge in [0.05, 0.1) is 0 Å². The van der Waals surface area contributed by atoms with Gasteiger partial charge in [-0.15, -0.1) is 0 Å². The van der Waals surface area contributed by atoms with Crippen LogP contribution in [-0.2, 0) is 6.54 Å². The Morgan fingerprint density at radius 2 is 2.00 bits per heavy atom. The van der Waals surface area contributed by atoms with E-state index in [9.17, 15) is 9.90 Å². The molecular weight excluding hydrogens is 266 g/mol. The van der Waals surface area contributed by atoms with Crippen molar-refractivity contribution in [1.29, 1.82) is 0 Å². The number of carbonyl (C=O) groups is 1. The van der Waals surface area contributed by atoms with E-state index >= 15 is 0 Å². The molecule has 0 saturated heterocycles. The maximum absolute atomic E-state index is 11.8. The van der Waals surface area contributed by atoms with Crippen molar-refractivity contribution in [2.24, 2.45) is 5.84 Å². The van der Waals surface area contributed by atoms with Crippen LogP contribution in [0.2, 0.25) is 0 Å². The van der Waals surface area contributed by atoms with Gasteiger partial charge in [-0.05, 0) is 30.7 Å². The lowest BCUT2D eigenvalue weighted by atomic mass is 10.1. The maximum atomic E-state index is 11.8. The van der Waals surface area contributed by atoms with Crippen molar-refractivity contribution in [2.75, 3.05) is 11.4 Å². The number of phenols is 1. The number of benzene rings is 2. The number of nitrogen functional groups attached to an aromatic ring is 1. The Morgan fingerprint density at radius 1 is 1.24 bits per heavy atom. The molecule has 2 aromatic carbocycles. The van der Waals surface area contributed by atoms with E-state index in [0.29, 0.717) is 12.1 Å². The zero-order valence-corrected chi connectivity index (χ0v) is 11.9. The molecule has 5 heteroatoms. The van der Waals surface area contributed by atoms with E-state index in [0.717, 1.165) is 17.8 Å². The van der Waals surface area contributed by atoms with Gasteiger partial charge in [-0.3, -0.25) is 10.2 Å². The smallest absolute Gasteiger partial charge is 0.265 e. The van der Waals surface area contributed by atoms with E-state index in [-0.39, 0.29) is 11.7 Å². The Labute approximate surface area is 124 Å². The largest absolute Gasteiger partial charge is 0.508 e. The van der Waals surface area contributed by atoms with E-state index in [1.807, 2.05) is 25.1 Å². The fraction of sp³-hybridized carbons (Fsp3) is 0.188. The zero-order valence-electron chi connectivity index (χ0n) is 11.9. The first-order chi connectivity index (χ1) is 10.2. The summed E-state index contributed by atoms with van der Waals surface area (Å²) in [6.45, 7) is 3.33. The molecule has 0 heterocycles. The second-order valence-corrected chi connectivity index (χ2v) is 4.66. The Hall–Kier alpha value is -2.53. The van der Waals surface area contributed by atoms with Crippen LogP contribution in [0.5, 0.6) is 5.75 Å². The first-order valence-corrected chi connectivity index (χ1v) is 6.78. The van der Waals surface area contributed by atoms with Crippen molar-refractivity contribution in [3.05, 3.63) is 59.7 Å². The van der Waals surface area contributed by atoms with Gasteiger partial charge in [-0.2, -0.15) is 0 Å². The number of nitrogens with two attached hydrogens (primary N) is 1. The Balaban J connectivity index is 2.29. The van der Waals surface area contributed by atoms with E-state index < -0.39 is 0 Å². The molecule has 0 spiro atoms. The van der Waals surface area contributed by atoms with E-state index in [2.05, 4.69) is 10.3 Å². The molecule has 0 radical (unpaired) electrons. The van der Waals surface area contributed by atoms with Crippen molar-refractivity contribution in [3.63, 3.8) is 0 Å². The summed E-state index contributed by atoms with van der Waals surface area (Å²) < 4.78 is 0. The molecule has 0 aromatic heterocycles. The number of phenolic OH excluding ortho intramolecular Hbond substituents is 1. The number of aromatic hydroxyl groups is 1. The highest BCUT2D eigenvalue weighted by Gasteiger charge is 2.13. The van der Waals surface area contributed by atoms with Crippen LogP contribution in [0.3, 0.4) is 0 Å². The topological polar surface area (TPSA) is 78.6 Å². The van der Waals surface area contributed by atoms with E-state index in [4.69, 9.17) is 5.84 Å².